The average molecular weight is 332 g/mol. The van der Waals surface area contributed by atoms with Crippen molar-refractivity contribution >= 4 is 15.9 Å². The van der Waals surface area contributed by atoms with Gasteiger partial charge in [-0.25, -0.2) is 4.68 Å². The quantitative estimate of drug-likeness (QED) is 0.795. The van der Waals surface area contributed by atoms with E-state index in [2.05, 4.69) is 26.3 Å². The number of rotatable bonds is 4. The number of hydrogen-bond acceptors (Lipinski definition) is 3. The van der Waals surface area contributed by atoms with E-state index in [0.29, 0.717) is 0 Å². The predicted molar refractivity (Wildman–Crippen MR) is 80.9 cm³/mol. The molecule has 4 nitrogen and oxygen atoms in total. The second-order valence-electron chi connectivity index (χ2n) is 4.42. The number of nitrogens with zero attached hydrogens (tertiary/aromatic N) is 2. The van der Waals surface area contributed by atoms with Crippen LogP contribution in [0.25, 0.3) is 5.69 Å². The summed E-state index contributed by atoms with van der Waals surface area (Å²) >= 11 is 3.33. The van der Waals surface area contributed by atoms with Gasteiger partial charge in [0.25, 0.3) is 0 Å². The highest BCUT2D eigenvalue weighted by atomic mass is 79.9. The van der Waals surface area contributed by atoms with Crippen molar-refractivity contribution in [1.82, 2.24) is 15.1 Å². The van der Waals surface area contributed by atoms with Crippen molar-refractivity contribution in [1.29, 1.82) is 0 Å². The highest BCUT2D eigenvalue weighted by Gasteiger charge is 2.17. The molecule has 1 aromatic carbocycles. The first kappa shape index (κ1) is 13.1. The average Bonchev–Trinajstić information content (AvgIpc) is 3.11. The third-order valence-corrected chi connectivity index (χ3v) is 3.55. The highest BCUT2D eigenvalue weighted by molar-refractivity contribution is 9.10. The Kier molecular flexibility index (Phi) is 3.71. The van der Waals surface area contributed by atoms with E-state index >= 15 is 0 Å². The fourth-order valence-electron chi connectivity index (χ4n) is 2.16. The van der Waals surface area contributed by atoms with Crippen LogP contribution in [-0.2, 0) is 0 Å². The maximum absolute atomic E-state index is 5.62. The summed E-state index contributed by atoms with van der Waals surface area (Å²) in [5, 5.41) is 7.66. The minimum absolute atomic E-state index is 0.0150. The smallest absolute Gasteiger partial charge is 0.169 e. The van der Waals surface area contributed by atoms with Crippen LogP contribution in [0, 0.1) is 0 Å². The molecule has 2 aromatic heterocycles. The highest BCUT2D eigenvalue weighted by Crippen LogP contribution is 2.26. The van der Waals surface area contributed by atoms with Crippen LogP contribution >= 0.6 is 15.9 Å². The van der Waals surface area contributed by atoms with Crippen LogP contribution in [0.2, 0.25) is 0 Å². The topological polar surface area (TPSA) is 43.0 Å². The molecule has 0 saturated carbocycles. The normalized spacial score (nSPS) is 12.5. The van der Waals surface area contributed by atoms with E-state index in [4.69, 9.17) is 4.42 Å². The lowest BCUT2D eigenvalue weighted by atomic mass is 10.1. The molecule has 2 heterocycles. The maximum Gasteiger partial charge on any atom is 0.169 e. The second kappa shape index (κ2) is 5.64. The lowest BCUT2D eigenvalue weighted by Crippen LogP contribution is -2.16. The van der Waals surface area contributed by atoms with Crippen molar-refractivity contribution in [2.45, 2.75) is 6.04 Å². The fraction of sp³-hybridized carbons (Fsp3) is 0.133. The first-order valence-electron chi connectivity index (χ1n) is 6.30. The summed E-state index contributed by atoms with van der Waals surface area (Å²) in [5.74, 6) is 0.854. The molecule has 1 atom stereocenters. The molecule has 102 valence electrons. The van der Waals surface area contributed by atoms with Crippen molar-refractivity contribution < 1.29 is 4.42 Å². The van der Waals surface area contributed by atoms with Crippen LogP contribution < -0.4 is 5.32 Å². The molecule has 0 aliphatic carbocycles. The zero-order valence-electron chi connectivity index (χ0n) is 11.0. The first-order valence-corrected chi connectivity index (χ1v) is 7.09. The minimum atomic E-state index is -0.0150. The molecular weight excluding hydrogens is 318 g/mol. The summed E-state index contributed by atoms with van der Waals surface area (Å²) in [6.45, 7) is 0. The third-order valence-electron chi connectivity index (χ3n) is 3.12. The molecular formula is C15H14BrN3O. The Balaban J connectivity index is 1.92. The Hall–Kier alpha value is -1.85. The maximum atomic E-state index is 5.62. The molecule has 0 aliphatic heterocycles. The lowest BCUT2D eigenvalue weighted by molar-refractivity contribution is 0.447. The van der Waals surface area contributed by atoms with Gasteiger partial charge in [0.2, 0.25) is 0 Å². The number of halogens is 1. The van der Waals surface area contributed by atoms with Gasteiger partial charge in [-0.3, -0.25) is 0 Å². The van der Waals surface area contributed by atoms with E-state index in [1.165, 1.54) is 0 Å². The van der Waals surface area contributed by atoms with Gasteiger partial charge in [0.1, 0.15) is 5.76 Å². The molecule has 0 bridgehead atoms. The summed E-state index contributed by atoms with van der Waals surface area (Å²) in [7, 11) is 1.90. The van der Waals surface area contributed by atoms with Gasteiger partial charge in [-0.15, -0.1) is 0 Å². The van der Waals surface area contributed by atoms with Crippen LogP contribution in [0.4, 0.5) is 0 Å². The first-order chi connectivity index (χ1) is 9.78. The summed E-state index contributed by atoms with van der Waals surface area (Å²) in [6, 6.07) is 13.9. The Morgan fingerprint density at radius 3 is 2.65 bits per heavy atom. The Morgan fingerprint density at radius 1 is 1.20 bits per heavy atom. The zero-order chi connectivity index (χ0) is 13.9. The lowest BCUT2D eigenvalue weighted by Gasteiger charge is -2.11. The molecule has 1 unspecified atom stereocenters. The Morgan fingerprint density at radius 2 is 2.00 bits per heavy atom. The van der Waals surface area contributed by atoms with Gasteiger partial charge in [-0.05, 0) is 47.2 Å². The minimum Gasteiger partial charge on any atom is -0.452 e. The number of hydrogen-bond donors (Lipinski definition) is 1. The van der Waals surface area contributed by atoms with Crippen LogP contribution in [0.5, 0.6) is 0 Å². The van der Waals surface area contributed by atoms with Crippen LogP contribution in [-0.4, -0.2) is 16.8 Å². The van der Waals surface area contributed by atoms with E-state index < -0.39 is 0 Å². The molecule has 0 aliphatic rings. The van der Waals surface area contributed by atoms with Crippen molar-refractivity contribution in [3.05, 3.63) is 70.9 Å². The molecule has 20 heavy (non-hydrogen) atoms. The van der Waals surface area contributed by atoms with Crippen molar-refractivity contribution in [3.63, 3.8) is 0 Å². The Labute approximate surface area is 125 Å². The molecule has 0 radical (unpaired) electrons. The van der Waals surface area contributed by atoms with E-state index in [0.717, 1.165) is 21.7 Å². The molecule has 3 aromatic rings. The van der Waals surface area contributed by atoms with Crippen molar-refractivity contribution in [2.24, 2.45) is 0 Å². The van der Waals surface area contributed by atoms with Crippen LogP contribution in [0.1, 0.15) is 17.4 Å². The van der Waals surface area contributed by atoms with Gasteiger partial charge < -0.3 is 9.73 Å². The standard InChI is InChI=1S/C15H14BrN3O/c1-17-15(13-7-8-14(16)20-13)11-9-18-19(10-11)12-5-3-2-4-6-12/h2-10,15,17H,1H3. The number of para-hydroxylation sites is 1. The van der Waals surface area contributed by atoms with E-state index in [-0.39, 0.29) is 6.04 Å². The molecule has 0 fully saturated rings. The summed E-state index contributed by atoms with van der Waals surface area (Å²) in [4.78, 5) is 0. The van der Waals surface area contributed by atoms with Gasteiger partial charge in [0, 0.05) is 11.8 Å². The number of aromatic nitrogens is 2. The van der Waals surface area contributed by atoms with Gasteiger partial charge >= 0.3 is 0 Å². The third kappa shape index (κ3) is 2.55. The Bertz CT molecular complexity index is 690. The summed E-state index contributed by atoms with van der Waals surface area (Å²) in [5.41, 5.74) is 2.09. The van der Waals surface area contributed by atoms with Crippen LogP contribution in [0.3, 0.4) is 0 Å². The largest absolute Gasteiger partial charge is 0.452 e. The molecule has 3 rings (SSSR count). The molecule has 5 heteroatoms. The van der Waals surface area contributed by atoms with E-state index in [1.54, 1.807) is 0 Å². The van der Waals surface area contributed by atoms with Gasteiger partial charge in [-0.1, -0.05) is 18.2 Å². The molecule has 1 N–H and O–H groups in total. The fourth-order valence-corrected chi connectivity index (χ4v) is 2.48. The number of nitrogens with one attached hydrogen (secondary N) is 1. The second-order valence-corrected chi connectivity index (χ2v) is 5.20. The summed E-state index contributed by atoms with van der Waals surface area (Å²) in [6.07, 6.45) is 3.86. The monoisotopic (exact) mass is 331 g/mol. The SMILES string of the molecule is CNC(c1cnn(-c2ccccc2)c1)c1ccc(Br)o1. The van der Waals surface area contributed by atoms with Gasteiger partial charge in [-0.2, -0.15) is 5.10 Å². The predicted octanol–water partition coefficient (Wildman–Crippen LogP) is 3.54. The van der Waals surface area contributed by atoms with Gasteiger partial charge in [0.15, 0.2) is 4.67 Å². The molecule has 0 spiro atoms. The van der Waals surface area contributed by atoms with Gasteiger partial charge in [0.05, 0.1) is 17.9 Å². The van der Waals surface area contributed by atoms with Crippen molar-refractivity contribution in [2.75, 3.05) is 7.05 Å². The molecule has 0 saturated heterocycles. The van der Waals surface area contributed by atoms with E-state index in [9.17, 15) is 0 Å². The van der Waals surface area contributed by atoms with Crippen molar-refractivity contribution in [3.8, 4) is 5.69 Å². The molecule has 0 amide bonds. The number of furan rings is 1. The summed E-state index contributed by atoms with van der Waals surface area (Å²) < 4.78 is 8.21. The van der Waals surface area contributed by atoms with E-state index in [1.807, 2.05) is 66.6 Å². The zero-order valence-corrected chi connectivity index (χ0v) is 12.5. The van der Waals surface area contributed by atoms with Crippen LogP contribution in [0.15, 0.2) is 63.9 Å². The number of benzene rings is 1.